The number of benzene rings is 1. The molecule has 2 saturated heterocycles. The number of carbonyl (C=O) groups is 1. The summed E-state index contributed by atoms with van der Waals surface area (Å²) < 4.78 is 21.1. The topological polar surface area (TPSA) is 49.8 Å². The normalized spacial score (nSPS) is 28.4. The van der Waals surface area contributed by atoms with E-state index in [4.69, 9.17) is 4.74 Å². The molecule has 1 aromatic rings. The van der Waals surface area contributed by atoms with Crippen LogP contribution >= 0.6 is 0 Å². The van der Waals surface area contributed by atoms with Gasteiger partial charge in [-0.25, -0.2) is 0 Å². The zero-order valence-corrected chi connectivity index (χ0v) is 19.8. The van der Waals surface area contributed by atoms with Crippen LogP contribution in [0, 0.1) is 5.92 Å². The summed E-state index contributed by atoms with van der Waals surface area (Å²) in [5.41, 5.74) is 2.15. The van der Waals surface area contributed by atoms with Crippen LogP contribution in [0.25, 0.3) is 0 Å². The molecule has 168 valence electrons. The highest BCUT2D eigenvalue weighted by molar-refractivity contribution is 6.72. The van der Waals surface area contributed by atoms with E-state index in [1.165, 1.54) is 12.0 Å². The Labute approximate surface area is 182 Å². The Balaban J connectivity index is 1.60. The third kappa shape index (κ3) is 5.71. The van der Waals surface area contributed by atoms with Crippen molar-refractivity contribution in [2.24, 2.45) is 5.92 Å². The molecule has 0 bridgehead atoms. The summed E-state index contributed by atoms with van der Waals surface area (Å²) in [5.74, 6) is 0.403. The summed E-state index contributed by atoms with van der Waals surface area (Å²) in [4.78, 5) is 14.4. The molecule has 0 aliphatic carbocycles. The van der Waals surface area contributed by atoms with Gasteiger partial charge in [0.05, 0.1) is 12.2 Å². The maximum Gasteiger partial charge on any atom is 0.246 e. The highest BCUT2D eigenvalue weighted by Gasteiger charge is 2.50. The summed E-state index contributed by atoms with van der Waals surface area (Å²) >= 11 is 0. The molecule has 6 heteroatoms. The van der Waals surface area contributed by atoms with Gasteiger partial charge in [0.25, 0.3) is 0 Å². The Morgan fingerprint density at radius 1 is 1.10 bits per heavy atom. The monoisotopic (exact) mass is 435 g/mol. The van der Waals surface area contributed by atoms with Crippen molar-refractivity contribution in [3.63, 3.8) is 0 Å². The number of hydrogen-bond donors (Lipinski definition) is 1. The van der Waals surface area contributed by atoms with Gasteiger partial charge in [-0.3, -0.25) is 4.79 Å². The first-order chi connectivity index (χ1) is 14.3. The third-order valence-corrected chi connectivity index (χ3v) is 9.38. The molecule has 30 heavy (non-hydrogen) atoms. The standard InChI is InChI=1S/C24H38FNO3Si/c1-18-21(29-22(15-17-27)24(18)30(2,3)25)14-11-19-9-12-20(13-10-19)26-16-7-5-4-6-8-23(26)28/h9-10,12-13,18,21-22,24,27H,4-8,11,14-17H2,1-3H3/t18-,21+,22-,24+/m1/s1. The molecule has 2 heterocycles. The second-order valence-corrected chi connectivity index (χ2v) is 13.4. The lowest BCUT2D eigenvalue weighted by Crippen LogP contribution is -2.36. The van der Waals surface area contributed by atoms with Crippen LogP contribution in [0.2, 0.25) is 18.6 Å². The van der Waals surface area contributed by atoms with Crippen molar-refractivity contribution in [1.29, 1.82) is 0 Å². The number of anilines is 1. The van der Waals surface area contributed by atoms with E-state index in [-0.39, 0.29) is 36.2 Å². The molecule has 1 N–H and O–H groups in total. The van der Waals surface area contributed by atoms with Gasteiger partial charge in [-0.1, -0.05) is 31.9 Å². The van der Waals surface area contributed by atoms with Crippen LogP contribution in [0.4, 0.5) is 9.80 Å². The van der Waals surface area contributed by atoms with Crippen molar-refractivity contribution in [1.82, 2.24) is 0 Å². The van der Waals surface area contributed by atoms with E-state index >= 15 is 0 Å². The molecular formula is C24H38FNO3Si. The van der Waals surface area contributed by atoms with Gasteiger partial charge >= 0.3 is 0 Å². The van der Waals surface area contributed by atoms with Gasteiger partial charge in [0, 0.05) is 30.8 Å². The van der Waals surface area contributed by atoms with Crippen LogP contribution in [0.1, 0.15) is 57.4 Å². The Hall–Kier alpha value is -1.24. The van der Waals surface area contributed by atoms with Gasteiger partial charge in [-0.15, -0.1) is 0 Å². The van der Waals surface area contributed by atoms with Gasteiger partial charge in [0.15, 0.2) is 0 Å². The fraction of sp³-hybridized carbons (Fsp3) is 0.708. The number of aryl methyl sites for hydroxylation is 1. The largest absolute Gasteiger partial charge is 0.396 e. The third-order valence-electron chi connectivity index (χ3n) is 6.90. The Morgan fingerprint density at radius 2 is 1.80 bits per heavy atom. The second kappa shape index (κ2) is 10.4. The maximum atomic E-state index is 14.9. The fourth-order valence-corrected chi connectivity index (χ4v) is 7.95. The van der Waals surface area contributed by atoms with Crippen molar-refractivity contribution in [2.75, 3.05) is 18.1 Å². The Kier molecular flexibility index (Phi) is 8.10. The highest BCUT2D eigenvalue weighted by Crippen LogP contribution is 2.46. The number of amides is 1. The number of rotatable bonds is 7. The first kappa shape index (κ1) is 23.4. The molecule has 3 rings (SSSR count). The minimum Gasteiger partial charge on any atom is -0.396 e. The van der Waals surface area contributed by atoms with Crippen LogP contribution < -0.4 is 4.90 Å². The van der Waals surface area contributed by atoms with E-state index in [0.29, 0.717) is 12.8 Å². The molecule has 0 saturated carbocycles. The van der Waals surface area contributed by atoms with Gasteiger partial charge in [0.1, 0.15) is 0 Å². The smallest absolute Gasteiger partial charge is 0.246 e. The Morgan fingerprint density at radius 3 is 2.47 bits per heavy atom. The van der Waals surface area contributed by atoms with Crippen LogP contribution in [0.15, 0.2) is 24.3 Å². The van der Waals surface area contributed by atoms with Gasteiger partial charge < -0.3 is 18.9 Å². The van der Waals surface area contributed by atoms with E-state index in [1.807, 2.05) is 4.90 Å². The maximum absolute atomic E-state index is 14.9. The number of ether oxygens (including phenoxy) is 1. The summed E-state index contributed by atoms with van der Waals surface area (Å²) in [6, 6.07) is 8.33. The van der Waals surface area contributed by atoms with Crippen molar-refractivity contribution in [3.8, 4) is 0 Å². The molecule has 0 unspecified atom stereocenters. The number of hydrogen-bond acceptors (Lipinski definition) is 3. The van der Waals surface area contributed by atoms with Crippen LogP contribution in [-0.2, 0) is 16.0 Å². The summed E-state index contributed by atoms with van der Waals surface area (Å²) in [6.07, 6.45) is 7.15. The zero-order chi connectivity index (χ0) is 21.7. The molecule has 0 spiro atoms. The molecule has 2 aliphatic heterocycles. The molecule has 0 radical (unpaired) electrons. The molecule has 4 nitrogen and oxygen atoms in total. The minimum atomic E-state index is -2.85. The summed E-state index contributed by atoms with van der Waals surface area (Å²) in [6.45, 7) is 6.48. The molecule has 1 aromatic carbocycles. The van der Waals surface area contributed by atoms with Crippen LogP contribution in [-0.4, -0.2) is 44.8 Å². The molecule has 2 aliphatic rings. The number of halogens is 1. The number of aliphatic hydroxyl groups excluding tert-OH is 1. The quantitative estimate of drug-likeness (QED) is 0.470. The van der Waals surface area contributed by atoms with E-state index in [2.05, 4.69) is 31.2 Å². The highest BCUT2D eigenvalue weighted by atomic mass is 28.4. The minimum absolute atomic E-state index is 0.0321. The fourth-order valence-electron chi connectivity index (χ4n) is 5.36. The number of nitrogens with zero attached hydrogens (tertiary/aromatic N) is 1. The molecule has 0 aromatic heterocycles. The second-order valence-electron chi connectivity index (χ2n) is 9.59. The lowest BCUT2D eigenvalue weighted by molar-refractivity contribution is -0.118. The van der Waals surface area contributed by atoms with E-state index in [1.54, 1.807) is 13.1 Å². The van der Waals surface area contributed by atoms with E-state index in [9.17, 15) is 14.0 Å². The van der Waals surface area contributed by atoms with Crippen molar-refractivity contribution >= 4 is 20.0 Å². The average Bonchev–Trinajstić information content (AvgIpc) is 3.00. The molecule has 4 atom stereocenters. The number of aliphatic hydroxyl groups is 1. The number of carbonyl (C=O) groups excluding carboxylic acids is 1. The molecule has 2 fully saturated rings. The van der Waals surface area contributed by atoms with Crippen molar-refractivity contribution in [3.05, 3.63) is 29.8 Å². The first-order valence-corrected chi connectivity index (χ1v) is 14.6. The van der Waals surface area contributed by atoms with E-state index in [0.717, 1.165) is 44.3 Å². The van der Waals surface area contributed by atoms with Gasteiger partial charge in [-0.05, 0) is 68.8 Å². The average molecular weight is 436 g/mol. The summed E-state index contributed by atoms with van der Waals surface area (Å²) in [5, 5.41) is 9.36. The lowest BCUT2D eigenvalue weighted by atomic mass is 9.95. The van der Waals surface area contributed by atoms with Gasteiger partial charge in [-0.2, -0.15) is 0 Å². The Bertz CT molecular complexity index is 691. The van der Waals surface area contributed by atoms with Crippen LogP contribution in [0.3, 0.4) is 0 Å². The summed E-state index contributed by atoms with van der Waals surface area (Å²) in [7, 11) is -2.85. The predicted octanol–water partition coefficient (Wildman–Crippen LogP) is 5.25. The van der Waals surface area contributed by atoms with Crippen LogP contribution in [0.5, 0.6) is 0 Å². The lowest BCUT2D eigenvalue weighted by Gasteiger charge is -2.28. The molecule has 1 amide bonds. The zero-order valence-electron chi connectivity index (χ0n) is 18.8. The van der Waals surface area contributed by atoms with Crippen molar-refractivity contribution in [2.45, 2.75) is 89.1 Å². The molecular weight excluding hydrogens is 397 g/mol. The van der Waals surface area contributed by atoms with Gasteiger partial charge in [0.2, 0.25) is 14.3 Å². The first-order valence-electron chi connectivity index (χ1n) is 11.7. The SMILES string of the molecule is C[C@H]1[C@H]([Si](C)(C)F)[C@@H](CCO)O[C@H]1CCc1ccc(N2CCCCCCC2=O)cc1. The van der Waals surface area contributed by atoms with E-state index < -0.39 is 8.41 Å². The van der Waals surface area contributed by atoms with Crippen molar-refractivity contribution < 1.29 is 18.7 Å². The predicted molar refractivity (Wildman–Crippen MR) is 122 cm³/mol.